The zero-order valence-electron chi connectivity index (χ0n) is 8.68. The van der Waals surface area contributed by atoms with Gasteiger partial charge in [0.05, 0.1) is 0 Å². The third-order valence-corrected chi connectivity index (χ3v) is 2.32. The van der Waals surface area contributed by atoms with E-state index >= 15 is 0 Å². The van der Waals surface area contributed by atoms with Crippen LogP contribution in [0.25, 0.3) is 11.0 Å². The summed E-state index contributed by atoms with van der Waals surface area (Å²) in [5, 5.41) is 0.352. The number of hydrogen-bond donors (Lipinski definition) is 0. The molecular weight excluding hydrogens is 196 g/mol. The number of aryl methyl sites for hydroxylation is 2. The van der Waals surface area contributed by atoms with Gasteiger partial charge in [-0.05, 0) is 6.92 Å². The molecule has 0 saturated heterocycles. The number of aromatic nitrogens is 4. The molecule has 0 N–H and O–H groups in total. The first-order valence-corrected chi connectivity index (χ1v) is 4.41. The van der Waals surface area contributed by atoms with Crippen molar-refractivity contribution < 1.29 is 0 Å². The van der Waals surface area contributed by atoms with Gasteiger partial charge in [0.25, 0.3) is 5.56 Å². The Labute approximate surface area is 84.8 Å². The number of nitrogens with zero attached hydrogens (tertiary/aromatic N) is 4. The second-order valence-electron chi connectivity index (χ2n) is 3.36. The van der Waals surface area contributed by atoms with Crippen molar-refractivity contribution in [3.63, 3.8) is 0 Å². The summed E-state index contributed by atoms with van der Waals surface area (Å²) >= 11 is 0. The van der Waals surface area contributed by atoms with E-state index in [-0.39, 0.29) is 11.2 Å². The first kappa shape index (κ1) is 9.57. The zero-order chi connectivity index (χ0) is 11.2. The molecule has 78 valence electrons. The highest BCUT2D eigenvalue weighted by molar-refractivity contribution is 5.72. The van der Waals surface area contributed by atoms with E-state index in [1.54, 1.807) is 14.0 Å². The first-order chi connectivity index (χ1) is 7.02. The molecule has 2 aromatic rings. The third kappa shape index (κ3) is 1.25. The van der Waals surface area contributed by atoms with Gasteiger partial charge in [-0.2, -0.15) is 0 Å². The van der Waals surface area contributed by atoms with Gasteiger partial charge in [0, 0.05) is 20.3 Å². The predicted molar refractivity (Wildman–Crippen MR) is 54.8 cm³/mol. The van der Waals surface area contributed by atoms with Crippen molar-refractivity contribution >= 4 is 11.0 Å². The minimum Gasteiger partial charge on any atom is -0.280 e. The summed E-state index contributed by atoms with van der Waals surface area (Å²) in [4.78, 5) is 31.3. The Morgan fingerprint density at radius 1 is 1.20 bits per heavy atom. The molecule has 6 nitrogen and oxygen atoms in total. The number of fused-ring (bicyclic) bond motifs is 1. The Morgan fingerprint density at radius 3 is 2.53 bits per heavy atom. The molecule has 0 amide bonds. The smallest absolute Gasteiger partial charge is 0.280 e. The second kappa shape index (κ2) is 3.01. The summed E-state index contributed by atoms with van der Waals surface area (Å²) in [6, 6.07) is 0. The van der Waals surface area contributed by atoms with Crippen LogP contribution in [0.1, 0.15) is 5.82 Å². The maximum atomic E-state index is 11.7. The lowest BCUT2D eigenvalue weighted by molar-refractivity contribution is 0.705. The summed E-state index contributed by atoms with van der Waals surface area (Å²) in [7, 11) is 3.01. The average molecular weight is 206 g/mol. The molecule has 0 bridgehead atoms. The second-order valence-corrected chi connectivity index (χ2v) is 3.36. The normalized spacial score (nSPS) is 10.9. The maximum Gasteiger partial charge on any atom is 0.332 e. The van der Waals surface area contributed by atoms with Crippen molar-refractivity contribution in [3.8, 4) is 0 Å². The summed E-state index contributed by atoms with van der Waals surface area (Å²) in [6.07, 6.45) is 1.44. The highest BCUT2D eigenvalue weighted by Gasteiger charge is 2.09. The van der Waals surface area contributed by atoms with Crippen LogP contribution in [0, 0.1) is 6.92 Å². The van der Waals surface area contributed by atoms with Crippen molar-refractivity contribution in [2.45, 2.75) is 6.92 Å². The van der Waals surface area contributed by atoms with Crippen LogP contribution in [0.2, 0.25) is 0 Å². The first-order valence-electron chi connectivity index (χ1n) is 4.41. The van der Waals surface area contributed by atoms with Crippen molar-refractivity contribution in [2.75, 3.05) is 0 Å². The molecule has 2 aromatic heterocycles. The molecule has 0 saturated carbocycles. The molecule has 0 aliphatic heterocycles. The fourth-order valence-corrected chi connectivity index (χ4v) is 1.45. The summed E-state index contributed by atoms with van der Waals surface area (Å²) in [6.45, 7) is 1.71. The highest BCUT2D eigenvalue weighted by Crippen LogP contribution is 2.01. The molecule has 6 heteroatoms. The van der Waals surface area contributed by atoms with Gasteiger partial charge >= 0.3 is 5.69 Å². The van der Waals surface area contributed by atoms with Gasteiger partial charge in [0.15, 0.2) is 5.65 Å². The topological polar surface area (TPSA) is 69.8 Å². The van der Waals surface area contributed by atoms with Crippen LogP contribution < -0.4 is 11.2 Å². The van der Waals surface area contributed by atoms with Crippen LogP contribution in [-0.2, 0) is 14.1 Å². The number of hydrogen-bond acceptors (Lipinski definition) is 4. The Hall–Kier alpha value is -1.98. The van der Waals surface area contributed by atoms with E-state index in [4.69, 9.17) is 0 Å². The summed E-state index contributed by atoms with van der Waals surface area (Å²) in [5.74, 6) is 0.533. The molecule has 0 atom stereocenters. The largest absolute Gasteiger partial charge is 0.332 e. The lowest BCUT2D eigenvalue weighted by atomic mass is 10.4. The molecule has 2 rings (SSSR count). The van der Waals surface area contributed by atoms with Crippen LogP contribution in [0.4, 0.5) is 0 Å². The molecule has 15 heavy (non-hydrogen) atoms. The lowest BCUT2D eigenvalue weighted by Gasteiger charge is -2.05. The van der Waals surface area contributed by atoms with E-state index in [1.807, 2.05) is 0 Å². The van der Waals surface area contributed by atoms with E-state index in [0.29, 0.717) is 16.9 Å². The predicted octanol–water partition coefficient (Wildman–Crippen LogP) is -0.664. The Morgan fingerprint density at radius 2 is 1.87 bits per heavy atom. The van der Waals surface area contributed by atoms with Gasteiger partial charge in [-0.25, -0.2) is 14.8 Å². The van der Waals surface area contributed by atoms with Crippen LogP contribution in [-0.4, -0.2) is 19.1 Å². The molecule has 0 aromatic carbocycles. The Bertz CT molecular complexity index is 653. The van der Waals surface area contributed by atoms with Crippen molar-refractivity contribution in [1.82, 2.24) is 19.1 Å². The van der Waals surface area contributed by atoms with Gasteiger partial charge < -0.3 is 0 Å². The molecule has 0 radical (unpaired) electrons. The fourth-order valence-electron chi connectivity index (χ4n) is 1.45. The molecule has 0 aliphatic carbocycles. The van der Waals surface area contributed by atoms with Crippen LogP contribution in [0.15, 0.2) is 15.8 Å². The molecule has 2 heterocycles. The standard InChI is InChI=1S/C9H10N4O2/c1-5-10-4-6-7(11-5)12(2)9(15)13(3)8(6)14/h4H,1-3H3. The Kier molecular flexibility index (Phi) is 1.92. The fraction of sp³-hybridized carbons (Fsp3) is 0.333. The van der Waals surface area contributed by atoms with E-state index in [0.717, 1.165) is 4.57 Å². The van der Waals surface area contributed by atoms with Crippen molar-refractivity contribution in [1.29, 1.82) is 0 Å². The molecule has 0 spiro atoms. The third-order valence-electron chi connectivity index (χ3n) is 2.32. The summed E-state index contributed by atoms with van der Waals surface area (Å²) < 4.78 is 2.38. The molecule has 0 aliphatic rings. The van der Waals surface area contributed by atoms with Crippen LogP contribution in [0.5, 0.6) is 0 Å². The highest BCUT2D eigenvalue weighted by atomic mass is 16.2. The SMILES string of the molecule is Cc1ncc2c(=O)n(C)c(=O)n(C)c2n1. The van der Waals surface area contributed by atoms with Gasteiger partial charge in [-0.15, -0.1) is 0 Å². The van der Waals surface area contributed by atoms with Crippen molar-refractivity contribution in [2.24, 2.45) is 14.1 Å². The van der Waals surface area contributed by atoms with Gasteiger partial charge in [0.2, 0.25) is 0 Å². The average Bonchev–Trinajstić information content (AvgIpc) is 2.23. The monoisotopic (exact) mass is 206 g/mol. The molecular formula is C9H10N4O2. The van der Waals surface area contributed by atoms with E-state index in [9.17, 15) is 9.59 Å². The quantitative estimate of drug-likeness (QED) is 0.573. The van der Waals surface area contributed by atoms with Gasteiger partial charge in [-0.1, -0.05) is 0 Å². The minimum atomic E-state index is -0.384. The number of rotatable bonds is 0. The van der Waals surface area contributed by atoms with E-state index < -0.39 is 0 Å². The van der Waals surface area contributed by atoms with E-state index in [1.165, 1.54) is 17.8 Å². The Balaban J connectivity index is 3.15. The molecule has 0 unspecified atom stereocenters. The molecule has 0 fully saturated rings. The van der Waals surface area contributed by atoms with E-state index in [2.05, 4.69) is 9.97 Å². The summed E-state index contributed by atoms with van der Waals surface area (Å²) in [5.41, 5.74) is -0.380. The lowest BCUT2D eigenvalue weighted by Crippen LogP contribution is -2.37. The zero-order valence-corrected chi connectivity index (χ0v) is 8.68. The maximum absolute atomic E-state index is 11.7. The van der Waals surface area contributed by atoms with Crippen LogP contribution >= 0.6 is 0 Å². The van der Waals surface area contributed by atoms with Crippen LogP contribution in [0.3, 0.4) is 0 Å². The minimum absolute atomic E-state index is 0.352. The van der Waals surface area contributed by atoms with Gasteiger partial charge in [0.1, 0.15) is 11.2 Å². The van der Waals surface area contributed by atoms with Crippen molar-refractivity contribution in [3.05, 3.63) is 32.9 Å². The van der Waals surface area contributed by atoms with Gasteiger partial charge in [-0.3, -0.25) is 13.9 Å².